The van der Waals surface area contributed by atoms with Gasteiger partial charge in [-0.15, -0.1) is 0 Å². The predicted octanol–water partition coefficient (Wildman–Crippen LogP) is 1.56. The van der Waals surface area contributed by atoms with Crippen molar-refractivity contribution in [3.05, 3.63) is 42.5 Å². The number of hydrogen-bond donors (Lipinski definition) is 2. The Hall–Kier alpha value is -1.88. The van der Waals surface area contributed by atoms with Crippen molar-refractivity contribution in [2.75, 3.05) is 0 Å². The van der Waals surface area contributed by atoms with Gasteiger partial charge in [0.05, 0.1) is 12.4 Å². The molecule has 2 N–H and O–H groups in total. The number of hydrogen-bond acceptors (Lipinski definition) is 3. The van der Waals surface area contributed by atoms with E-state index in [1.807, 2.05) is 24.8 Å². The Balaban J connectivity index is 1.89. The third kappa shape index (κ3) is 2.38. The number of aromatic nitrogens is 4. The van der Waals surface area contributed by atoms with Crippen molar-refractivity contribution in [1.29, 1.82) is 0 Å². The highest BCUT2D eigenvalue weighted by Gasteiger charge is 2.05. The number of aromatic amines is 1. The van der Waals surface area contributed by atoms with Gasteiger partial charge in [0.2, 0.25) is 0 Å². The van der Waals surface area contributed by atoms with E-state index in [9.17, 15) is 0 Å². The highest BCUT2D eigenvalue weighted by molar-refractivity contribution is 5.18. The normalized spacial score (nSPS) is 12.6. The van der Waals surface area contributed by atoms with Gasteiger partial charge in [-0.2, -0.15) is 10.2 Å². The quantitative estimate of drug-likeness (QED) is 0.799. The van der Waals surface area contributed by atoms with Crippen LogP contribution in [-0.4, -0.2) is 20.0 Å². The molecule has 1 unspecified atom stereocenters. The van der Waals surface area contributed by atoms with Gasteiger partial charge in [0, 0.05) is 42.3 Å². The van der Waals surface area contributed by atoms with E-state index in [2.05, 4.69) is 34.1 Å². The summed E-state index contributed by atoms with van der Waals surface area (Å²) in [5.74, 6) is 0. The third-order valence-corrected chi connectivity index (χ3v) is 2.47. The van der Waals surface area contributed by atoms with Crippen LogP contribution < -0.4 is 5.32 Å². The zero-order valence-electron chi connectivity index (χ0n) is 9.22. The fourth-order valence-electron chi connectivity index (χ4n) is 1.45. The van der Waals surface area contributed by atoms with Gasteiger partial charge >= 0.3 is 0 Å². The first-order chi connectivity index (χ1) is 7.79. The third-order valence-electron chi connectivity index (χ3n) is 2.47. The molecule has 2 aromatic rings. The van der Waals surface area contributed by atoms with Crippen molar-refractivity contribution in [3.63, 3.8) is 0 Å². The van der Waals surface area contributed by atoms with Crippen LogP contribution in [0.5, 0.6) is 0 Å². The van der Waals surface area contributed by atoms with Crippen LogP contribution in [0.1, 0.15) is 24.1 Å². The Morgan fingerprint density at radius 2 is 2.50 bits per heavy atom. The van der Waals surface area contributed by atoms with E-state index in [-0.39, 0.29) is 6.04 Å². The van der Waals surface area contributed by atoms with Gasteiger partial charge in [-0.05, 0) is 6.92 Å². The van der Waals surface area contributed by atoms with Crippen LogP contribution in [0, 0.1) is 0 Å². The first-order valence-electron chi connectivity index (χ1n) is 5.17. The maximum Gasteiger partial charge on any atom is 0.0538 e. The van der Waals surface area contributed by atoms with E-state index < -0.39 is 0 Å². The molecule has 0 aliphatic rings. The molecular formula is C11H15N5. The summed E-state index contributed by atoms with van der Waals surface area (Å²) in [6.45, 7) is 6.53. The Kier molecular flexibility index (Phi) is 3.16. The first kappa shape index (κ1) is 10.6. The number of nitrogens with zero attached hydrogens (tertiary/aromatic N) is 3. The maximum atomic E-state index is 4.12. The molecule has 2 heterocycles. The maximum absolute atomic E-state index is 4.12. The van der Waals surface area contributed by atoms with Crippen molar-refractivity contribution in [1.82, 2.24) is 25.3 Å². The van der Waals surface area contributed by atoms with Gasteiger partial charge in [-0.1, -0.05) is 6.58 Å². The van der Waals surface area contributed by atoms with Crippen molar-refractivity contribution < 1.29 is 0 Å². The van der Waals surface area contributed by atoms with Crippen molar-refractivity contribution in [2.24, 2.45) is 0 Å². The molecule has 0 saturated carbocycles. The molecule has 0 radical (unpaired) electrons. The molecule has 2 aromatic heterocycles. The Bertz CT molecular complexity index is 443. The van der Waals surface area contributed by atoms with Crippen LogP contribution in [0.3, 0.4) is 0 Å². The molecule has 0 amide bonds. The van der Waals surface area contributed by atoms with E-state index in [1.54, 1.807) is 10.9 Å². The lowest BCUT2D eigenvalue weighted by Crippen LogP contribution is -2.17. The summed E-state index contributed by atoms with van der Waals surface area (Å²) >= 11 is 0. The zero-order valence-corrected chi connectivity index (χ0v) is 9.22. The number of rotatable bonds is 5. The Labute approximate surface area is 94.2 Å². The van der Waals surface area contributed by atoms with Gasteiger partial charge in [0.15, 0.2) is 0 Å². The summed E-state index contributed by atoms with van der Waals surface area (Å²) < 4.78 is 1.69. The minimum atomic E-state index is 0.269. The summed E-state index contributed by atoms with van der Waals surface area (Å²) in [5, 5.41) is 14.2. The lowest BCUT2D eigenvalue weighted by molar-refractivity contribution is 0.575. The summed E-state index contributed by atoms with van der Waals surface area (Å²) in [5.41, 5.74) is 2.28. The molecule has 84 valence electrons. The molecule has 0 aromatic carbocycles. The summed E-state index contributed by atoms with van der Waals surface area (Å²) in [6, 6.07) is 0.269. The molecule has 5 heteroatoms. The lowest BCUT2D eigenvalue weighted by atomic mass is 10.2. The molecule has 0 spiro atoms. The monoisotopic (exact) mass is 217 g/mol. The van der Waals surface area contributed by atoms with Crippen molar-refractivity contribution >= 4 is 6.20 Å². The zero-order chi connectivity index (χ0) is 11.4. The second-order valence-corrected chi connectivity index (χ2v) is 3.65. The molecule has 0 fully saturated rings. The topological polar surface area (TPSA) is 58.5 Å². The van der Waals surface area contributed by atoms with Crippen LogP contribution in [0.4, 0.5) is 0 Å². The Morgan fingerprint density at radius 3 is 3.12 bits per heavy atom. The second kappa shape index (κ2) is 4.76. The minimum Gasteiger partial charge on any atom is -0.306 e. The van der Waals surface area contributed by atoms with Gasteiger partial charge in [-0.3, -0.25) is 5.10 Å². The fourth-order valence-corrected chi connectivity index (χ4v) is 1.45. The molecule has 0 aliphatic heterocycles. The number of H-pyrrole nitrogens is 1. The van der Waals surface area contributed by atoms with Gasteiger partial charge in [0.1, 0.15) is 0 Å². The summed E-state index contributed by atoms with van der Waals surface area (Å²) in [6.07, 6.45) is 9.16. The molecule has 5 nitrogen and oxygen atoms in total. The Morgan fingerprint density at radius 1 is 1.62 bits per heavy atom. The molecule has 0 aliphatic carbocycles. The smallest absolute Gasteiger partial charge is 0.0538 e. The molecule has 2 rings (SSSR count). The van der Waals surface area contributed by atoms with E-state index in [4.69, 9.17) is 0 Å². The van der Waals surface area contributed by atoms with Crippen molar-refractivity contribution in [2.45, 2.75) is 19.5 Å². The molecular weight excluding hydrogens is 202 g/mol. The molecule has 16 heavy (non-hydrogen) atoms. The van der Waals surface area contributed by atoms with Crippen LogP contribution in [-0.2, 0) is 6.54 Å². The average Bonchev–Trinajstić information content (AvgIpc) is 2.96. The summed E-state index contributed by atoms with van der Waals surface area (Å²) in [7, 11) is 0. The molecule has 0 bridgehead atoms. The van der Waals surface area contributed by atoms with E-state index in [0.29, 0.717) is 0 Å². The van der Waals surface area contributed by atoms with Crippen LogP contribution >= 0.6 is 0 Å². The highest BCUT2D eigenvalue weighted by atomic mass is 15.2. The van der Waals surface area contributed by atoms with E-state index >= 15 is 0 Å². The van der Waals surface area contributed by atoms with Crippen LogP contribution in [0.2, 0.25) is 0 Å². The van der Waals surface area contributed by atoms with Gasteiger partial charge < -0.3 is 5.32 Å². The lowest BCUT2D eigenvalue weighted by Gasteiger charge is -2.10. The largest absolute Gasteiger partial charge is 0.306 e. The van der Waals surface area contributed by atoms with E-state index in [0.717, 1.165) is 17.7 Å². The highest BCUT2D eigenvalue weighted by Crippen LogP contribution is 2.10. The van der Waals surface area contributed by atoms with Gasteiger partial charge in [0.25, 0.3) is 0 Å². The van der Waals surface area contributed by atoms with Gasteiger partial charge in [-0.25, -0.2) is 4.68 Å². The predicted molar refractivity (Wildman–Crippen MR) is 62.5 cm³/mol. The van der Waals surface area contributed by atoms with Crippen LogP contribution in [0.25, 0.3) is 6.20 Å². The molecule has 1 atom stereocenters. The summed E-state index contributed by atoms with van der Waals surface area (Å²) in [4.78, 5) is 0. The standard InChI is InChI=1S/C11H15N5/c1-3-16-8-10(5-15-16)4-12-9(2)11-6-13-14-7-11/h3,5-9,12H,1,4H2,2H3,(H,13,14). The molecule has 0 saturated heterocycles. The SMILES string of the molecule is C=Cn1cc(CNC(C)c2cn[nH]c2)cn1. The van der Waals surface area contributed by atoms with Crippen molar-refractivity contribution in [3.8, 4) is 0 Å². The minimum absolute atomic E-state index is 0.269. The first-order valence-corrected chi connectivity index (χ1v) is 5.17. The van der Waals surface area contributed by atoms with Crippen LogP contribution in [0.15, 0.2) is 31.4 Å². The fraction of sp³-hybridized carbons (Fsp3) is 0.273. The van der Waals surface area contributed by atoms with E-state index in [1.165, 1.54) is 0 Å². The second-order valence-electron chi connectivity index (χ2n) is 3.65. The number of nitrogens with one attached hydrogen (secondary N) is 2. The average molecular weight is 217 g/mol.